The molecule has 0 spiro atoms. The van der Waals surface area contributed by atoms with Crippen molar-refractivity contribution in [1.29, 1.82) is 0 Å². The van der Waals surface area contributed by atoms with Gasteiger partial charge in [0.1, 0.15) is 0 Å². The number of thiophene rings is 2. The van der Waals surface area contributed by atoms with Crippen molar-refractivity contribution in [2.75, 3.05) is 18.4 Å². The standard InChI is InChI=1S/C20H20N2OS2/c1-14-4-2-5-15(12-14)21-19(23)13-22-9-7-17-16(8-11-25-17)20(22)18-6-3-10-24-18/h2-6,8,10-12,20H,7,9,13H2,1H3,(H,21,23). The molecule has 1 aliphatic heterocycles. The summed E-state index contributed by atoms with van der Waals surface area (Å²) in [6.07, 6.45) is 1.02. The number of amides is 1. The topological polar surface area (TPSA) is 32.3 Å². The minimum Gasteiger partial charge on any atom is -0.325 e. The van der Waals surface area contributed by atoms with Crippen LogP contribution in [0, 0.1) is 6.92 Å². The van der Waals surface area contributed by atoms with Crippen LogP contribution in [-0.4, -0.2) is 23.9 Å². The molecule has 0 bridgehead atoms. The Kier molecular flexibility index (Phi) is 4.70. The summed E-state index contributed by atoms with van der Waals surface area (Å²) in [5.74, 6) is 0.0471. The smallest absolute Gasteiger partial charge is 0.238 e. The van der Waals surface area contributed by atoms with E-state index >= 15 is 0 Å². The van der Waals surface area contributed by atoms with Gasteiger partial charge in [0.05, 0.1) is 12.6 Å². The highest BCUT2D eigenvalue weighted by atomic mass is 32.1. The zero-order valence-corrected chi connectivity index (χ0v) is 15.7. The second-order valence-corrected chi connectivity index (χ2v) is 8.34. The molecule has 1 unspecified atom stereocenters. The van der Waals surface area contributed by atoms with E-state index in [1.807, 2.05) is 42.5 Å². The molecule has 128 valence electrons. The molecule has 0 fully saturated rings. The van der Waals surface area contributed by atoms with Gasteiger partial charge in [-0.15, -0.1) is 22.7 Å². The number of aryl methyl sites for hydroxylation is 1. The normalized spacial score (nSPS) is 17.2. The lowest BCUT2D eigenvalue weighted by Gasteiger charge is -2.34. The first-order valence-electron chi connectivity index (χ1n) is 8.41. The van der Waals surface area contributed by atoms with E-state index in [2.05, 4.69) is 39.2 Å². The van der Waals surface area contributed by atoms with E-state index in [9.17, 15) is 4.79 Å². The van der Waals surface area contributed by atoms with E-state index < -0.39 is 0 Å². The van der Waals surface area contributed by atoms with E-state index in [1.165, 1.54) is 15.3 Å². The van der Waals surface area contributed by atoms with Crippen molar-refractivity contribution in [3.8, 4) is 0 Å². The third kappa shape index (κ3) is 3.54. The SMILES string of the molecule is Cc1cccc(NC(=O)CN2CCc3sccc3C2c2cccs2)c1. The van der Waals surface area contributed by atoms with Gasteiger partial charge in [-0.25, -0.2) is 0 Å². The fourth-order valence-corrected chi connectivity index (χ4v) is 5.21. The lowest BCUT2D eigenvalue weighted by atomic mass is 9.98. The average Bonchev–Trinajstić information content (AvgIpc) is 3.26. The van der Waals surface area contributed by atoms with Gasteiger partial charge in [-0.05, 0) is 59.5 Å². The van der Waals surface area contributed by atoms with E-state index in [0.29, 0.717) is 6.54 Å². The molecule has 1 atom stereocenters. The minimum absolute atomic E-state index is 0.0471. The zero-order chi connectivity index (χ0) is 17.2. The number of nitrogens with zero attached hydrogens (tertiary/aromatic N) is 1. The van der Waals surface area contributed by atoms with Crippen molar-refractivity contribution in [1.82, 2.24) is 4.90 Å². The first kappa shape index (κ1) is 16.5. The Morgan fingerprint density at radius 3 is 2.92 bits per heavy atom. The van der Waals surface area contributed by atoms with Gasteiger partial charge in [0.25, 0.3) is 0 Å². The van der Waals surface area contributed by atoms with E-state index in [4.69, 9.17) is 0 Å². The largest absolute Gasteiger partial charge is 0.325 e. The Bertz CT molecular complexity index is 869. The van der Waals surface area contributed by atoms with Crippen molar-refractivity contribution in [2.24, 2.45) is 0 Å². The first-order valence-corrected chi connectivity index (χ1v) is 10.2. The van der Waals surface area contributed by atoms with Crippen molar-refractivity contribution in [3.05, 3.63) is 74.1 Å². The van der Waals surface area contributed by atoms with Crippen molar-refractivity contribution in [3.63, 3.8) is 0 Å². The molecule has 0 saturated carbocycles. The van der Waals surface area contributed by atoms with Gasteiger partial charge in [-0.1, -0.05) is 18.2 Å². The molecule has 0 radical (unpaired) electrons. The van der Waals surface area contributed by atoms with Crippen LogP contribution >= 0.6 is 22.7 Å². The highest BCUT2D eigenvalue weighted by Crippen LogP contribution is 2.39. The fraction of sp³-hybridized carbons (Fsp3) is 0.250. The number of hydrogen-bond donors (Lipinski definition) is 1. The predicted molar refractivity (Wildman–Crippen MR) is 106 cm³/mol. The van der Waals surface area contributed by atoms with Crippen LogP contribution in [0.25, 0.3) is 0 Å². The van der Waals surface area contributed by atoms with Gasteiger partial charge in [0.15, 0.2) is 0 Å². The van der Waals surface area contributed by atoms with Crippen LogP contribution < -0.4 is 5.32 Å². The Morgan fingerprint density at radius 2 is 2.12 bits per heavy atom. The summed E-state index contributed by atoms with van der Waals surface area (Å²) in [7, 11) is 0. The molecule has 1 aromatic carbocycles. The van der Waals surface area contributed by atoms with Crippen LogP contribution in [0.2, 0.25) is 0 Å². The Morgan fingerprint density at radius 1 is 1.20 bits per heavy atom. The molecule has 3 heterocycles. The quantitative estimate of drug-likeness (QED) is 0.724. The highest BCUT2D eigenvalue weighted by Gasteiger charge is 2.31. The van der Waals surface area contributed by atoms with Crippen LogP contribution in [0.1, 0.15) is 26.9 Å². The van der Waals surface area contributed by atoms with Crippen LogP contribution in [0.3, 0.4) is 0 Å². The van der Waals surface area contributed by atoms with Gasteiger partial charge in [-0.3, -0.25) is 9.69 Å². The number of benzene rings is 1. The lowest BCUT2D eigenvalue weighted by Crippen LogP contribution is -2.40. The monoisotopic (exact) mass is 368 g/mol. The molecule has 1 aliphatic rings. The number of hydrogen-bond acceptors (Lipinski definition) is 4. The third-order valence-electron chi connectivity index (χ3n) is 4.53. The highest BCUT2D eigenvalue weighted by molar-refractivity contribution is 7.10. The lowest BCUT2D eigenvalue weighted by molar-refractivity contribution is -0.117. The fourth-order valence-electron chi connectivity index (χ4n) is 3.43. The average molecular weight is 369 g/mol. The van der Waals surface area contributed by atoms with Crippen LogP contribution in [0.5, 0.6) is 0 Å². The van der Waals surface area contributed by atoms with Crippen LogP contribution in [0.4, 0.5) is 5.69 Å². The number of fused-ring (bicyclic) bond motifs is 1. The van der Waals surface area contributed by atoms with Crippen LogP contribution in [0.15, 0.2) is 53.2 Å². The molecule has 1 N–H and O–H groups in total. The molecule has 2 aromatic heterocycles. The minimum atomic E-state index is 0.0471. The molecule has 3 nitrogen and oxygen atoms in total. The molecule has 1 amide bonds. The summed E-state index contributed by atoms with van der Waals surface area (Å²) in [6.45, 7) is 3.36. The number of rotatable bonds is 4. The molecular formula is C20H20N2OS2. The van der Waals surface area contributed by atoms with E-state index in [1.54, 1.807) is 11.3 Å². The number of carbonyl (C=O) groups is 1. The summed E-state index contributed by atoms with van der Waals surface area (Å²) < 4.78 is 0. The first-order chi connectivity index (χ1) is 12.2. The Labute approximate surface area is 155 Å². The molecule has 25 heavy (non-hydrogen) atoms. The maximum atomic E-state index is 12.6. The molecule has 5 heteroatoms. The van der Waals surface area contributed by atoms with Gasteiger partial charge in [-0.2, -0.15) is 0 Å². The van der Waals surface area contributed by atoms with E-state index in [0.717, 1.165) is 24.2 Å². The van der Waals surface area contributed by atoms with Gasteiger partial charge in [0.2, 0.25) is 5.91 Å². The number of nitrogens with one attached hydrogen (secondary N) is 1. The van der Waals surface area contributed by atoms with Gasteiger partial charge < -0.3 is 5.32 Å². The van der Waals surface area contributed by atoms with Gasteiger partial charge in [0, 0.05) is 22.0 Å². The second-order valence-electron chi connectivity index (χ2n) is 6.36. The predicted octanol–water partition coefficient (Wildman–Crippen LogP) is 4.70. The maximum absolute atomic E-state index is 12.6. The second kappa shape index (κ2) is 7.12. The molecular weight excluding hydrogens is 348 g/mol. The Balaban J connectivity index is 1.54. The number of carbonyl (C=O) groups excluding carboxylic acids is 1. The molecule has 0 aliphatic carbocycles. The number of anilines is 1. The summed E-state index contributed by atoms with van der Waals surface area (Å²) in [6, 6.07) is 14.6. The van der Waals surface area contributed by atoms with Crippen molar-refractivity contribution >= 4 is 34.3 Å². The third-order valence-corrected chi connectivity index (χ3v) is 6.45. The van der Waals surface area contributed by atoms with Crippen molar-refractivity contribution in [2.45, 2.75) is 19.4 Å². The van der Waals surface area contributed by atoms with E-state index in [-0.39, 0.29) is 11.9 Å². The van der Waals surface area contributed by atoms with Gasteiger partial charge >= 0.3 is 0 Å². The summed E-state index contributed by atoms with van der Waals surface area (Å²) in [5, 5.41) is 7.32. The summed E-state index contributed by atoms with van der Waals surface area (Å²) >= 11 is 3.59. The maximum Gasteiger partial charge on any atom is 0.238 e. The van der Waals surface area contributed by atoms with Crippen LogP contribution in [-0.2, 0) is 11.2 Å². The summed E-state index contributed by atoms with van der Waals surface area (Å²) in [5.41, 5.74) is 3.38. The zero-order valence-electron chi connectivity index (χ0n) is 14.1. The van der Waals surface area contributed by atoms with Crippen molar-refractivity contribution < 1.29 is 4.79 Å². The molecule has 3 aromatic rings. The molecule has 0 saturated heterocycles. The summed E-state index contributed by atoms with van der Waals surface area (Å²) in [4.78, 5) is 17.7. The molecule has 4 rings (SSSR count). The Hall–Kier alpha value is -1.95.